The van der Waals surface area contributed by atoms with Gasteiger partial charge in [-0.2, -0.15) is 0 Å². The summed E-state index contributed by atoms with van der Waals surface area (Å²) in [5.41, 5.74) is 1.57. The van der Waals surface area contributed by atoms with E-state index in [1.165, 1.54) is 35.8 Å². The monoisotopic (exact) mass is 520 g/mol. The van der Waals surface area contributed by atoms with Crippen molar-refractivity contribution < 1.29 is 28.6 Å². The second-order valence-electron chi connectivity index (χ2n) is 8.40. The number of methoxy groups -OCH3 is 2. The number of rotatable bonds is 7. The molecule has 0 bridgehead atoms. The Kier molecular flexibility index (Phi) is 6.89. The molecule has 10 nitrogen and oxygen atoms in total. The smallest absolute Gasteiger partial charge is 0.436 e. The molecule has 0 aliphatic carbocycles. The lowest BCUT2D eigenvalue weighted by atomic mass is 10.0. The Labute approximate surface area is 216 Å². The third-order valence-electron chi connectivity index (χ3n) is 6.14. The molecule has 2 aromatic carbocycles. The van der Waals surface area contributed by atoms with Crippen LogP contribution in [0.4, 0.5) is 5.00 Å². The highest BCUT2D eigenvalue weighted by molar-refractivity contribution is 7.16. The maximum Gasteiger partial charge on any atom is 0.436 e. The number of fused-ring (bicyclic) bond motifs is 1. The average molecular weight is 521 g/mol. The van der Waals surface area contributed by atoms with Gasteiger partial charge in [-0.05, 0) is 39.6 Å². The van der Waals surface area contributed by atoms with E-state index in [-0.39, 0.29) is 16.3 Å². The van der Waals surface area contributed by atoms with Crippen molar-refractivity contribution in [1.29, 1.82) is 0 Å². The number of hydrogen-bond acceptors (Lipinski definition) is 9. The van der Waals surface area contributed by atoms with Gasteiger partial charge >= 0.3 is 17.3 Å². The first kappa shape index (κ1) is 24.5. The molecule has 4 aromatic rings. The molecule has 1 aliphatic rings. The number of aliphatic imine (C=N–C) groups is 1. The summed E-state index contributed by atoms with van der Waals surface area (Å²) in [6, 6.07) is 16.8. The van der Waals surface area contributed by atoms with E-state index in [4.69, 9.17) is 14.0 Å². The minimum absolute atomic E-state index is 0.213. The minimum atomic E-state index is -0.875. The van der Waals surface area contributed by atoms with Crippen LogP contribution in [0.2, 0.25) is 0 Å². The van der Waals surface area contributed by atoms with Crippen LogP contribution in [-0.4, -0.2) is 42.8 Å². The van der Waals surface area contributed by atoms with E-state index in [0.29, 0.717) is 24.4 Å². The summed E-state index contributed by atoms with van der Waals surface area (Å²) in [5, 5.41) is 15.9. The maximum atomic E-state index is 13.2. The topological polar surface area (TPSA) is 124 Å². The number of carbonyl (C=O) groups excluding carboxylic acids is 1. The lowest BCUT2D eigenvalue weighted by molar-refractivity contribution is -0.673. The van der Waals surface area contributed by atoms with Crippen LogP contribution in [0.25, 0.3) is 5.69 Å². The molecule has 11 heteroatoms. The molecule has 0 saturated carbocycles. The van der Waals surface area contributed by atoms with Crippen LogP contribution >= 0.6 is 11.3 Å². The van der Waals surface area contributed by atoms with E-state index in [0.717, 1.165) is 23.5 Å². The van der Waals surface area contributed by atoms with Crippen molar-refractivity contribution in [2.24, 2.45) is 4.99 Å². The SMILES string of the molecule is COC(=O)c1c(/N=C(\[O-])c2c(=O)o[nH][n+]2-c2ccc(OC)cc2)sc2c1CCN(Cc1ccccc1)C2. The molecule has 0 spiro atoms. The molecule has 190 valence electrons. The zero-order valence-corrected chi connectivity index (χ0v) is 21.0. The van der Waals surface area contributed by atoms with Gasteiger partial charge in [-0.3, -0.25) is 9.42 Å². The molecule has 37 heavy (non-hydrogen) atoms. The molecule has 0 saturated heterocycles. The van der Waals surface area contributed by atoms with Gasteiger partial charge in [0.25, 0.3) is 0 Å². The first-order valence-electron chi connectivity index (χ1n) is 11.5. The van der Waals surface area contributed by atoms with Crippen molar-refractivity contribution in [1.82, 2.24) is 10.2 Å². The van der Waals surface area contributed by atoms with Crippen LogP contribution in [-0.2, 0) is 24.2 Å². The fourth-order valence-corrected chi connectivity index (χ4v) is 5.57. The fraction of sp³-hybridized carbons (Fsp3) is 0.231. The average Bonchev–Trinajstić information content (AvgIpc) is 3.48. The third-order valence-corrected chi connectivity index (χ3v) is 7.25. The van der Waals surface area contributed by atoms with Crippen molar-refractivity contribution in [3.63, 3.8) is 0 Å². The van der Waals surface area contributed by atoms with E-state index < -0.39 is 17.5 Å². The predicted octanol–water partition coefficient (Wildman–Crippen LogP) is 2.10. The van der Waals surface area contributed by atoms with Gasteiger partial charge in [-0.1, -0.05) is 30.3 Å². The Morgan fingerprint density at radius 2 is 1.95 bits per heavy atom. The Balaban J connectivity index is 1.50. The zero-order chi connectivity index (χ0) is 25.9. The molecular weight excluding hydrogens is 496 g/mol. The van der Waals surface area contributed by atoms with Crippen LogP contribution in [0.3, 0.4) is 0 Å². The van der Waals surface area contributed by atoms with Crippen molar-refractivity contribution in [2.75, 3.05) is 20.8 Å². The predicted molar refractivity (Wildman–Crippen MR) is 134 cm³/mol. The summed E-state index contributed by atoms with van der Waals surface area (Å²) in [6.07, 6.45) is 0.616. The van der Waals surface area contributed by atoms with E-state index in [1.807, 2.05) is 18.2 Å². The van der Waals surface area contributed by atoms with E-state index in [2.05, 4.69) is 27.3 Å². The van der Waals surface area contributed by atoms with Crippen LogP contribution in [0.5, 0.6) is 5.75 Å². The highest BCUT2D eigenvalue weighted by Crippen LogP contribution is 2.39. The van der Waals surface area contributed by atoms with Gasteiger partial charge in [0.1, 0.15) is 10.8 Å². The van der Waals surface area contributed by atoms with E-state index >= 15 is 0 Å². The van der Waals surface area contributed by atoms with Gasteiger partial charge in [-0.15, -0.1) is 11.3 Å². The van der Waals surface area contributed by atoms with E-state index in [9.17, 15) is 14.7 Å². The molecule has 0 fully saturated rings. The highest BCUT2D eigenvalue weighted by atomic mass is 32.1. The second-order valence-corrected chi connectivity index (χ2v) is 9.49. The van der Waals surface area contributed by atoms with Gasteiger partial charge < -0.3 is 14.6 Å². The number of hydrogen-bond donors (Lipinski definition) is 1. The maximum absolute atomic E-state index is 13.2. The lowest BCUT2D eigenvalue weighted by Gasteiger charge is -2.27. The Bertz CT molecular complexity index is 1500. The van der Waals surface area contributed by atoms with Crippen LogP contribution in [0, 0.1) is 0 Å². The van der Waals surface area contributed by atoms with Crippen molar-refractivity contribution in [2.45, 2.75) is 19.5 Å². The molecule has 0 radical (unpaired) electrons. The summed E-state index contributed by atoms with van der Waals surface area (Å²) in [5.74, 6) is -0.790. The molecule has 2 aromatic heterocycles. The largest absolute Gasteiger partial charge is 0.854 e. The summed E-state index contributed by atoms with van der Waals surface area (Å²) in [6.45, 7) is 2.12. The van der Waals surface area contributed by atoms with Gasteiger partial charge in [-0.25, -0.2) is 14.6 Å². The minimum Gasteiger partial charge on any atom is -0.854 e. The first-order valence-corrected chi connectivity index (χ1v) is 12.3. The number of H-pyrrole nitrogens is 1. The number of ether oxygens (including phenoxy) is 2. The van der Waals surface area contributed by atoms with Crippen LogP contribution in [0.1, 0.15) is 32.1 Å². The molecule has 0 amide bonds. The van der Waals surface area contributed by atoms with E-state index in [1.54, 1.807) is 24.3 Å². The molecule has 0 unspecified atom stereocenters. The van der Waals surface area contributed by atoms with Crippen LogP contribution < -0.4 is 20.2 Å². The number of aromatic nitrogens is 2. The Hall–Kier alpha value is -4.22. The van der Waals surface area contributed by atoms with Crippen molar-refractivity contribution in [3.05, 3.63) is 92.3 Å². The third kappa shape index (κ3) is 4.91. The first-order chi connectivity index (χ1) is 18.0. The Morgan fingerprint density at radius 3 is 2.65 bits per heavy atom. The van der Waals surface area contributed by atoms with Crippen LogP contribution in [0.15, 0.2) is 68.9 Å². The van der Waals surface area contributed by atoms with Crippen molar-refractivity contribution in [3.8, 4) is 11.4 Å². The van der Waals surface area contributed by atoms with Gasteiger partial charge in [0.05, 0.1) is 25.7 Å². The molecule has 1 aliphatic heterocycles. The number of aromatic amines is 1. The second kappa shape index (κ2) is 10.4. The van der Waals surface area contributed by atoms with Gasteiger partial charge in [0.15, 0.2) is 0 Å². The fourth-order valence-electron chi connectivity index (χ4n) is 4.32. The number of esters is 1. The van der Waals surface area contributed by atoms with Gasteiger partial charge in [0, 0.05) is 36.6 Å². The quantitative estimate of drug-likeness (QED) is 0.171. The standard InChI is InChI=1S/C26H24N4O6S/c1-34-18-10-8-17(9-11-18)30-22(26(33)36-28-30)23(31)27-24-21(25(32)35-2)19-12-13-29(15-20(19)37-24)14-16-6-4-3-5-7-16/h3-11H,12-15H2,1-2H3,(H-,27,28,31,32,33). The number of nitrogens with zero attached hydrogens (tertiary/aromatic N) is 3. The zero-order valence-electron chi connectivity index (χ0n) is 20.2. The molecule has 5 rings (SSSR count). The normalized spacial score (nSPS) is 13.8. The molecule has 3 heterocycles. The number of carbonyl (C=O) groups is 1. The molecule has 0 atom stereocenters. The summed E-state index contributed by atoms with van der Waals surface area (Å²) < 4.78 is 16.3. The van der Waals surface area contributed by atoms with Crippen molar-refractivity contribution >= 4 is 28.2 Å². The highest BCUT2D eigenvalue weighted by Gasteiger charge is 2.30. The van der Waals surface area contributed by atoms with Gasteiger partial charge in [0.2, 0.25) is 5.69 Å². The summed E-state index contributed by atoms with van der Waals surface area (Å²) >= 11 is 1.26. The molecular formula is C26H24N4O6S. The number of nitrogens with one attached hydrogen (secondary N) is 1. The summed E-state index contributed by atoms with van der Waals surface area (Å²) in [7, 11) is 2.83. The summed E-state index contributed by atoms with van der Waals surface area (Å²) in [4.78, 5) is 32.6. The number of thiophene rings is 1. The lowest BCUT2D eigenvalue weighted by Crippen LogP contribution is -2.44. The Morgan fingerprint density at radius 1 is 1.19 bits per heavy atom. The number of benzene rings is 2. The molecule has 1 N–H and O–H groups in total.